The number of thiazole rings is 1. The van der Waals surface area contributed by atoms with Crippen molar-refractivity contribution in [2.75, 3.05) is 33.2 Å². The number of carbonyl (C=O) groups is 1. The number of piperazine rings is 1. The van der Waals surface area contributed by atoms with Crippen LogP contribution in [0.25, 0.3) is 0 Å². The van der Waals surface area contributed by atoms with Crippen molar-refractivity contribution in [3.8, 4) is 0 Å². The molecule has 0 radical (unpaired) electrons. The van der Waals surface area contributed by atoms with Crippen LogP contribution < -0.4 is 0 Å². The highest BCUT2D eigenvalue weighted by atomic mass is 32.1. The number of Topliss-reactive ketones (excluding diaryl/α,β-unsaturated/α-hetero) is 1. The van der Waals surface area contributed by atoms with Crippen LogP contribution in [0.1, 0.15) is 46.1 Å². The monoisotopic (exact) mass is 279 g/mol. The van der Waals surface area contributed by atoms with Crippen molar-refractivity contribution < 1.29 is 4.79 Å². The van der Waals surface area contributed by atoms with Crippen molar-refractivity contribution in [1.29, 1.82) is 0 Å². The molecule has 3 rings (SSSR count). The van der Waals surface area contributed by atoms with Gasteiger partial charge in [-0.2, -0.15) is 0 Å². The number of ketones is 1. The average Bonchev–Trinajstić information content (AvgIpc) is 3.13. The summed E-state index contributed by atoms with van der Waals surface area (Å²) in [6.07, 6.45) is 2.41. The van der Waals surface area contributed by atoms with Crippen LogP contribution in [0.2, 0.25) is 0 Å². The standard InChI is InChI=1S/C14H21N3OS/c1-10(18)14-13(11-3-4-11)15-12(19-14)9-17-7-5-16(2)6-8-17/h11H,3-9H2,1-2H3. The third-order valence-electron chi connectivity index (χ3n) is 3.94. The maximum absolute atomic E-state index is 11.7. The smallest absolute Gasteiger partial charge is 0.171 e. The fraction of sp³-hybridized carbons (Fsp3) is 0.714. The lowest BCUT2D eigenvalue weighted by atomic mass is 10.2. The van der Waals surface area contributed by atoms with Crippen LogP contribution in [0, 0.1) is 0 Å². The molecule has 19 heavy (non-hydrogen) atoms. The zero-order valence-electron chi connectivity index (χ0n) is 11.7. The van der Waals surface area contributed by atoms with E-state index in [9.17, 15) is 4.79 Å². The zero-order valence-corrected chi connectivity index (χ0v) is 12.5. The number of aromatic nitrogens is 1. The van der Waals surface area contributed by atoms with E-state index in [1.165, 1.54) is 12.8 Å². The highest BCUT2D eigenvalue weighted by Gasteiger charge is 2.31. The summed E-state index contributed by atoms with van der Waals surface area (Å²) >= 11 is 1.61. The Balaban J connectivity index is 1.70. The van der Waals surface area contributed by atoms with Gasteiger partial charge in [-0.3, -0.25) is 9.69 Å². The molecule has 0 N–H and O–H groups in total. The number of hydrogen-bond donors (Lipinski definition) is 0. The molecule has 1 aliphatic carbocycles. The quantitative estimate of drug-likeness (QED) is 0.790. The van der Waals surface area contributed by atoms with E-state index in [1.807, 2.05) is 0 Å². The topological polar surface area (TPSA) is 36.4 Å². The fourth-order valence-corrected chi connectivity index (χ4v) is 3.62. The minimum Gasteiger partial charge on any atom is -0.304 e. The number of rotatable bonds is 4. The highest BCUT2D eigenvalue weighted by molar-refractivity contribution is 7.13. The van der Waals surface area contributed by atoms with E-state index < -0.39 is 0 Å². The maximum atomic E-state index is 11.7. The van der Waals surface area contributed by atoms with Crippen LogP contribution in [0.15, 0.2) is 0 Å². The SMILES string of the molecule is CC(=O)c1sc(CN2CCN(C)CC2)nc1C1CC1. The molecule has 1 aromatic heterocycles. The Bertz CT molecular complexity index is 473. The van der Waals surface area contributed by atoms with E-state index in [0.717, 1.165) is 48.3 Å². The van der Waals surface area contributed by atoms with Gasteiger partial charge in [0.05, 0.1) is 17.1 Å². The van der Waals surface area contributed by atoms with E-state index >= 15 is 0 Å². The van der Waals surface area contributed by atoms with E-state index in [4.69, 9.17) is 4.98 Å². The molecule has 0 amide bonds. The molecule has 0 unspecified atom stereocenters. The Morgan fingerprint density at radius 1 is 1.32 bits per heavy atom. The number of carbonyl (C=O) groups excluding carboxylic acids is 1. The highest BCUT2D eigenvalue weighted by Crippen LogP contribution is 2.42. The van der Waals surface area contributed by atoms with Gasteiger partial charge in [-0.05, 0) is 19.9 Å². The normalized spacial score (nSPS) is 21.8. The lowest BCUT2D eigenvalue weighted by molar-refractivity contribution is 0.102. The molecule has 4 nitrogen and oxygen atoms in total. The number of nitrogens with zero attached hydrogens (tertiary/aromatic N) is 3. The second-order valence-electron chi connectivity index (χ2n) is 5.73. The first-order valence-electron chi connectivity index (χ1n) is 7.05. The fourth-order valence-electron chi connectivity index (χ4n) is 2.53. The average molecular weight is 279 g/mol. The summed E-state index contributed by atoms with van der Waals surface area (Å²) in [6, 6.07) is 0. The van der Waals surface area contributed by atoms with Crippen LogP contribution in [0.3, 0.4) is 0 Å². The zero-order chi connectivity index (χ0) is 13.4. The number of likely N-dealkylation sites (N-methyl/N-ethyl adjacent to an activating group) is 1. The van der Waals surface area contributed by atoms with E-state index in [1.54, 1.807) is 18.3 Å². The molecule has 2 heterocycles. The van der Waals surface area contributed by atoms with Gasteiger partial charge >= 0.3 is 0 Å². The van der Waals surface area contributed by atoms with Gasteiger partial charge < -0.3 is 4.90 Å². The van der Waals surface area contributed by atoms with Crippen LogP contribution in [-0.4, -0.2) is 53.8 Å². The molecule has 104 valence electrons. The van der Waals surface area contributed by atoms with Crippen molar-refractivity contribution in [2.45, 2.75) is 32.2 Å². The van der Waals surface area contributed by atoms with Gasteiger partial charge in [-0.1, -0.05) is 0 Å². The summed E-state index contributed by atoms with van der Waals surface area (Å²) in [7, 11) is 2.17. The van der Waals surface area contributed by atoms with Gasteiger partial charge in [0, 0.05) is 39.0 Å². The van der Waals surface area contributed by atoms with Crippen molar-refractivity contribution in [2.24, 2.45) is 0 Å². The van der Waals surface area contributed by atoms with Gasteiger partial charge in [0.2, 0.25) is 0 Å². The second-order valence-corrected chi connectivity index (χ2v) is 6.82. The largest absolute Gasteiger partial charge is 0.304 e. The molecule has 1 aliphatic heterocycles. The molecule has 0 aromatic carbocycles. The third kappa shape index (κ3) is 3.04. The minimum absolute atomic E-state index is 0.184. The molecule has 1 saturated carbocycles. The first kappa shape index (κ1) is 13.2. The molecule has 2 fully saturated rings. The molecule has 0 spiro atoms. The van der Waals surface area contributed by atoms with Crippen LogP contribution >= 0.6 is 11.3 Å². The van der Waals surface area contributed by atoms with Crippen LogP contribution in [-0.2, 0) is 6.54 Å². The lowest BCUT2D eigenvalue weighted by Gasteiger charge is -2.31. The van der Waals surface area contributed by atoms with E-state index in [0.29, 0.717) is 5.92 Å². The maximum Gasteiger partial charge on any atom is 0.171 e. The predicted octanol–water partition coefficient (Wildman–Crippen LogP) is 1.97. The van der Waals surface area contributed by atoms with Crippen molar-refractivity contribution in [3.63, 3.8) is 0 Å². The van der Waals surface area contributed by atoms with Gasteiger partial charge in [-0.15, -0.1) is 11.3 Å². The number of hydrogen-bond acceptors (Lipinski definition) is 5. The van der Waals surface area contributed by atoms with Crippen LogP contribution in [0.4, 0.5) is 0 Å². The molecule has 5 heteroatoms. The lowest BCUT2D eigenvalue weighted by Crippen LogP contribution is -2.43. The third-order valence-corrected chi connectivity index (χ3v) is 5.09. The summed E-state index contributed by atoms with van der Waals surface area (Å²) in [5, 5.41) is 1.12. The molecule has 0 bridgehead atoms. The van der Waals surface area contributed by atoms with Gasteiger partial charge in [0.15, 0.2) is 5.78 Å². The Morgan fingerprint density at radius 3 is 2.58 bits per heavy atom. The van der Waals surface area contributed by atoms with Gasteiger partial charge in [0.1, 0.15) is 5.01 Å². The Kier molecular flexibility index (Phi) is 3.69. The van der Waals surface area contributed by atoms with Crippen molar-refractivity contribution in [1.82, 2.24) is 14.8 Å². The summed E-state index contributed by atoms with van der Waals surface area (Å²) in [4.78, 5) is 22.2. The summed E-state index contributed by atoms with van der Waals surface area (Å²) in [6.45, 7) is 7.03. The van der Waals surface area contributed by atoms with Crippen molar-refractivity contribution in [3.05, 3.63) is 15.6 Å². The summed E-state index contributed by atoms with van der Waals surface area (Å²) in [5.74, 6) is 0.750. The van der Waals surface area contributed by atoms with E-state index in [-0.39, 0.29) is 5.78 Å². The predicted molar refractivity (Wildman–Crippen MR) is 76.9 cm³/mol. The van der Waals surface area contributed by atoms with E-state index in [2.05, 4.69) is 16.8 Å². The molecule has 1 aromatic rings. The molecule has 0 atom stereocenters. The summed E-state index contributed by atoms with van der Waals surface area (Å²) < 4.78 is 0. The van der Waals surface area contributed by atoms with Crippen LogP contribution in [0.5, 0.6) is 0 Å². The first-order valence-corrected chi connectivity index (χ1v) is 7.86. The molecular formula is C14H21N3OS. The first-order chi connectivity index (χ1) is 9.13. The molecule has 1 saturated heterocycles. The molecular weight excluding hydrogens is 258 g/mol. The minimum atomic E-state index is 0.184. The van der Waals surface area contributed by atoms with Gasteiger partial charge in [-0.25, -0.2) is 4.98 Å². The van der Waals surface area contributed by atoms with Crippen molar-refractivity contribution >= 4 is 17.1 Å². The summed E-state index contributed by atoms with van der Waals surface area (Å²) in [5.41, 5.74) is 1.08. The Labute approximate surface area is 118 Å². The Morgan fingerprint density at radius 2 is 2.00 bits per heavy atom. The Hall–Kier alpha value is -0.780. The molecule has 2 aliphatic rings. The second kappa shape index (κ2) is 5.31. The van der Waals surface area contributed by atoms with Gasteiger partial charge in [0.25, 0.3) is 0 Å².